The third-order valence-electron chi connectivity index (χ3n) is 4.48. The van der Waals surface area contributed by atoms with Crippen LogP contribution < -0.4 is 5.32 Å². The van der Waals surface area contributed by atoms with E-state index in [-0.39, 0.29) is 22.5 Å². The van der Waals surface area contributed by atoms with Crippen LogP contribution in [0.5, 0.6) is 5.75 Å². The van der Waals surface area contributed by atoms with Gasteiger partial charge in [0.25, 0.3) is 5.91 Å². The fraction of sp³-hybridized carbons (Fsp3) is 0.235. The quantitative estimate of drug-likeness (QED) is 0.643. The first kappa shape index (κ1) is 15.7. The van der Waals surface area contributed by atoms with Crippen molar-refractivity contribution in [2.24, 2.45) is 0 Å². The van der Waals surface area contributed by atoms with Crippen molar-refractivity contribution < 1.29 is 14.8 Å². The second-order valence-corrected chi connectivity index (χ2v) is 6.59. The van der Waals surface area contributed by atoms with Gasteiger partial charge < -0.3 is 15.3 Å². The highest BCUT2D eigenvalue weighted by Crippen LogP contribution is 2.45. The number of amides is 1. The summed E-state index contributed by atoms with van der Waals surface area (Å²) in [6.45, 7) is 0. The van der Waals surface area contributed by atoms with E-state index in [0.29, 0.717) is 11.3 Å². The van der Waals surface area contributed by atoms with Crippen molar-refractivity contribution in [2.45, 2.75) is 25.0 Å². The van der Waals surface area contributed by atoms with Gasteiger partial charge in [0.15, 0.2) is 0 Å². The number of halogens is 1. The maximum atomic E-state index is 12.9. The normalized spacial score (nSPS) is 19.3. The number of aromatic hydroxyl groups is 1. The van der Waals surface area contributed by atoms with E-state index in [4.69, 9.17) is 11.6 Å². The smallest absolute Gasteiger partial charge is 0.312 e. The van der Waals surface area contributed by atoms with Gasteiger partial charge in [0.2, 0.25) is 5.75 Å². The molecule has 2 aliphatic rings. The molecule has 8 heteroatoms. The van der Waals surface area contributed by atoms with Gasteiger partial charge in [0.05, 0.1) is 10.5 Å². The van der Waals surface area contributed by atoms with Crippen molar-refractivity contribution in [2.75, 3.05) is 5.32 Å². The Morgan fingerprint density at radius 2 is 2.00 bits per heavy atom. The maximum Gasteiger partial charge on any atom is 0.312 e. The molecule has 1 fully saturated rings. The standard InChI is InChI=1S/C17H14ClN3O4/c18-9-7-12(15(22)14(8-9)21(24)25)16-19-13-4-2-1-3-11(13)17(23)20(16)10-5-6-10/h1-4,7-8,10,16,19,22H,5-6H2. The van der Waals surface area contributed by atoms with E-state index in [0.717, 1.165) is 18.9 Å². The van der Waals surface area contributed by atoms with Gasteiger partial charge in [-0.05, 0) is 31.0 Å². The number of fused-ring (bicyclic) bond motifs is 1. The van der Waals surface area contributed by atoms with Crippen molar-refractivity contribution >= 4 is 28.9 Å². The average molecular weight is 360 g/mol. The topological polar surface area (TPSA) is 95.7 Å². The van der Waals surface area contributed by atoms with Crippen LogP contribution >= 0.6 is 11.6 Å². The van der Waals surface area contributed by atoms with Gasteiger partial charge in [-0.15, -0.1) is 0 Å². The van der Waals surface area contributed by atoms with E-state index in [9.17, 15) is 20.0 Å². The Balaban J connectivity index is 1.87. The number of benzene rings is 2. The predicted molar refractivity (Wildman–Crippen MR) is 91.8 cm³/mol. The lowest BCUT2D eigenvalue weighted by molar-refractivity contribution is -0.386. The van der Waals surface area contributed by atoms with Crippen LogP contribution in [0.25, 0.3) is 0 Å². The zero-order chi connectivity index (χ0) is 17.7. The van der Waals surface area contributed by atoms with Crippen LogP contribution in [0.1, 0.15) is 34.9 Å². The van der Waals surface area contributed by atoms with Crippen LogP contribution in [-0.2, 0) is 0 Å². The molecule has 7 nitrogen and oxygen atoms in total. The SMILES string of the molecule is O=C1c2ccccc2NC(c2cc(Cl)cc([N+](=O)[O-])c2O)N1C1CC1. The monoisotopic (exact) mass is 359 g/mol. The highest BCUT2D eigenvalue weighted by Gasteiger charge is 2.43. The number of nitrogens with one attached hydrogen (secondary N) is 1. The Morgan fingerprint density at radius 3 is 2.68 bits per heavy atom. The number of carbonyl (C=O) groups excluding carboxylic acids is 1. The van der Waals surface area contributed by atoms with E-state index in [1.165, 1.54) is 6.07 Å². The van der Waals surface area contributed by atoms with Crippen LogP contribution in [0.15, 0.2) is 36.4 Å². The third-order valence-corrected chi connectivity index (χ3v) is 4.70. The molecule has 4 rings (SSSR count). The summed E-state index contributed by atoms with van der Waals surface area (Å²) in [4.78, 5) is 25.1. The number of hydrogen-bond donors (Lipinski definition) is 2. The Hall–Kier alpha value is -2.80. The molecule has 1 aliphatic heterocycles. The van der Waals surface area contributed by atoms with Crippen LogP contribution in [0.2, 0.25) is 5.02 Å². The van der Waals surface area contributed by atoms with E-state index >= 15 is 0 Å². The predicted octanol–water partition coefficient (Wildman–Crippen LogP) is 3.68. The number of hydrogen-bond acceptors (Lipinski definition) is 5. The molecule has 0 saturated heterocycles. The minimum atomic E-state index is -0.715. The Kier molecular flexibility index (Phi) is 3.54. The van der Waals surface area contributed by atoms with Crippen molar-refractivity contribution in [3.63, 3.8) is 0 Å². The maximum absolute atomic E-state index is 12.9. The number of phenols is 1. The molecule has 1 aliphatic carbocycles. The lowest BCUT2D eigenvalue weighted by atomic mass is 10.0. The van der Waals surface area contributed by atoms with E-state index in [2.05, 4.69) is 5.32 Å². The number of anilines is 1. The molecule has 1 unspecified atom stereocenters. The number of rotatable bonds is 3. The molecule has 0 bridgehead atoms. The summed E-state index contributed by atoms with van der Waals surface area (Å²) in [6.07, 6.45) is 0.998. The van der Waals surface area contributed by atoms with Crippen molar-refractivity contribution in [1.82, 2.24) is 4.90 Å². The van der Waals surface area contributed by atoms with Gasteiger partial charge in [0.1, 0.15) is 6.17 Å². The molecule has 128 valence electrons. The number of para-hydroxylation sites is 1. The highest BCUT2D eigenvalue weighted by atomic mass is 35.5. The largest absolute Gasteiger partial charge is 0.502 e. The van der Waals surface area contributed by atoms with Gasteiger partial charge in [-0.25, -0.2) is 0 Å². The summed E-state index contributed by atoms with van der Waals surface area (Å²) < 4.78 is 0. The number of carbonyl (C=O) groups is 1. The summed E-state index contributed by atoms with van der Waals surface area (Å²) in [5, 5.41) is 24.9. The first-order chi connectivity index (χ1) is 12.0. The van der Waals surface area contributed by atoms with E-state index in [1.807, 2.05) is 0 Å². The Morgan fingerprint density at radius 1 is 1.28 bits per heavy atom. The Bertz CT molecular complexity index is 897. The number of nitro groups is 1. The van der Waals surface area contributed by atoms with Gasteiger partial charge in [-0.3, -0.25) is 14.9 Å². The van der Waals surface area contributed by atoms with E-state index < -0.39 is 22.5 Å². The molecule has 2 N–H and O–H groups in total. The second-order valence-electron chi connectivity index (χ2n) is 6.16. The van der Waals surface area contributed by atoms with Crippen LogP contribution in [0, 0.1) is 10.1 Å². The molecule has 2 aromatic rings. The number of nitro benzene ring substituents is 1. The average Bonchev–Trinajstić information content (AvgIpc) is 3.41. The van der Waals surface area contributed by atoms with Gasteiger partial charge in [-0.1, -0.05) is 23.7 Å². The second kappa shape index (κ2) is 5.63. The molecule has 2 aromatic carbocycles. The molecule has 0 spiro atoms. The van der Waals surface area contributed by atoms with Crippen LogP contribution in [-0.4, -0.2) is 26.9 Å². The third kappa shape index (κ3) is 2.56. The fourth-order valence-corrected chi connectivity index (χ4v) is 3.40. The highest BCUT2D eigenvalue weighted by molar-refractivity contribution is 6.31. The minimum absolute atomic E-state index is 0.0378. The number of phenolic OH excluding ortho intramolecular Hbond substituents is 1. The van der Waals surface area contributed by atoms with Crippen molar-refractivity contribution in [3.8, 4) is 5.75 Å². The molecular formula is C17H14ClN3O4. The zero-order valence-electron chi connectivity index (χ0n) is 13.0. The van der Waals surface area contributed by atoms with E-state index in [1.54, 1.807) is 29.2 Å². The lowest BCUT2D eigenvalue weighted by Gasteiger charge is -2.38. The molecule has 0 radical (unpaired) electrons. The summed E-state index contributed by atoms with van der Waals surface area (Å²) >= 11 is 6.02. The summed E-state index contributed by atoms with van der Waals surface area (Å²) in [5.74, 6) is -0.645. The Labute approximate surface area is 148 Å². The first-order valence-electron chi connectivity index (χ1n) is 7.82. The molecule has 1 amide bonds. The number of nitrogens with zero attached hydrogens (tertiary/aromatic N) is 2. The fourth-order valence-electron chi connectivity index (χ4n) is 3.18. The molecule has 1 heterocycles. The molecule has 1 saturated carbocycles. The molecular weight excluding hydrogens is 346 g/mol. The summed E-state index contributed by atoms with van der Waals surface area (Å²) in [5.41, 5.74) is 0.901. The zero-order valence-corrected chi connectivity index (χ0v) is 13.7. The molecule has 0 aromatic heterocycles. The lowest BCUT2D eigenvalue weighted by Crippen LogP contribution is -2.44. The molecule has 25 heavy (non-hydrogen) atoms. The molecule has 1 atom stereocenters. The van der Waals surface area contributed by atoms with Crippen molar-refractivity contribution in [1.29, 1.82) is 0 Å². The van der Waals surface area contributed by atoms with Gasteiger partial charge in [-0.2, -0.15) is 0 Å². The summed E-state index contributed by atoms with van der Waals surface area (Å²) in [7, 11) is 0. The van der Waals surface area contributed by atoms with Gasteiger partial charge in [0, 0.05) is 28.4 Å². The van der Waals surface area contributed by atoms with Crippen LogP contribution in [0.3, 0.4) is 0 Å². The van der Waals surface area contributed by atoms with Crippen molar-refractivity contribution in [3.05, 3.63) is 62.7 Å². The summed E-state index contributed by atoms with van der Waals surface area (Å²) in [6, 6.07) is 9.67. The minimum Gasteiger partial charge on any atom is -0.502 e. The van der Waals surface area contributed by atoms with Gasteiger partial charge >= 0.3 is 5.69 Å². The van der Waals surface area contributed by atoms with Crippen LogP contribution in [0.4, 0.5) is 11.4 Å². The first-order valence-corrected chi connectivity index (χ1v) is 8.20.